The lowest BCUT2D eigenvalue weighted by Gasteiger charge is -2.31. The maximum Gasteiger partial charge on any atom is 0.243 e. The summed E-state index contributed by atoms with van der Waals surface area (Å²) in [7, 11) is 0. The summed E-state index contributed by atoms with van der Waals surface area (Å²) in [4.78, 5) is 28.6. The lowest BCUT2D eigenvalue weighted by molar-refractivity contribution is -0.139. The molecule has 0 aliphatic heterocycles. The van der Waals surface area contributed by atoms with Crippen molar-refractivity contribution < 1.29 is 9.59 Å². The van der Waals surface area contributed by atoms with Crippen molar-refractivity contribution >= 4 is 35.2 Å². The summed E-state index contributed by atoms with van der Waals surface area (Å²) in [5.74, 6) is 0.843. The first-order valence-electron chi connectivity index (χ1n) is 11.9. The van der Waals surface area contributed by atoms with E-state index in [2.05, 4.69) is 30.4 Å². The maximum absolute atomic E-state index is 13.6. The number of hydrogen-bond donors (Lipinski definition) is 1. The minimum atomic E-state index is -0.616. The Morgan fingerprint density at radius 2 is 1.66 bits per heavy atom. The number of amides is 2. The lowest BCUT2D eigenvalue weighted by Crippen LogP contribution is -2.51. The fourth-order valence-corrected chi connectivity index (χ4v) is 4.96. The number of benzene rings is 3. The fraction of sp³-hybridized carbons (Fsp3) is 0.310. The third-order valence-electron chi connectivity index (χ3n) is 5.64. The van der Waals surface area contributed by atoms with Crippen LogP contribution >= 0.6 is 23.4 Å². The van der Waals surface area contributed by atoms with Crippen molar-refractivity contribution in [2.24, 2.45) is 0 Å². The molecule has 4 nitrogen and oxygen atoms in total. The van der Waals surface area contributed by atoms with Crippen LogP contribution in [0.5, 0.6) is 0 Å². The third-order valence-corrected chi connectivity index (χ3v) is 6.86. The van der Waals surface area contributed by atoms with Gasteiger partial charge in [0.2, 0.25) is 11.8 Å². The molecule has 3 aromatic carbocycles. The van der Waals surface area contributed by atoms with Crippen LogP contribution in [0.2, 0.25) is 5.02 Å². The number of carbonyl (C=O) groups excluding carboxylic acids is 2. The second kappa shape index (κ2) is 14.0. The van der Waals surface area contributed by atoms with Gasteiger partial charge in [0.15, 0.2) is 0 Å². The molecule has 0 radical (unpaired) electrons. The maximum atomic E-state index is 13.6. The van der Waals surface area contributed by atoms with Crippen molar-refractivity contribution in [3.05, 3.63) is 106 Å². The molecule has 2 amide bonds. The van der Waals surface area contributed by atoms with Gasteiger partial charge in [-0.25, -0.2) is 0 Å². The first-order chi connectivity index (χ1) is 17.0. The molecule has 0 aromatic heterocycles. The zero-order valence-electron chi connectivity index (χ0n) is 20.4. The second-order valence-electron chi connectivity index (χ2n) is 8.63. The van der Waals surface area contributed by atoms with Crippen LogP contribution in [0, 0.1) is 6.92 Å². The minimum absolute atomic E-state index is 0.0600. The van der Waals surface area contributed by atoms with Gasteiger partial charge in [-0.3, -0.25) is 9.59 Å². The summed E-state index contributed by atoms with van der Waals surface area (Å²) in [6.45, 7) is 4.98. The third kappa shape index (κ3) is 8.75. The van der Waals surface area contributed by atoms with E-state index in [9.17, 15) is 9.59 Å². The molecule has 0 fully saturated rings. The van der Waals surface area contributed by atoms with Crippen LogP contribution < -0.4 is 5.32 Å². The minimum Gasteiger partial charge on any atom is -0.354 e. The molecule has 0 saturated carbocycles. The molecule has 0 saturated heterocycles. The van der Waals surface area contributed by atoms with Crippen LogP contribution in [0.3, 0.4) is 0 Å². The monoisotopic (exact) mass is 508 g/mol. The Kier molecular flexibility index (Phi) is 10.7. The summed E-state index contributed by atoms with van der Waals surface area (Å²) in [6.07, 6.45) is 1.28. The van der Waals surface area contributed by atoms with E-state index >= 15 is 0 Å². The molecule has 184 valence electrons. The van der Waals surface area contributed by atoms with E-state index < -0.39 is 6.04 Å². The highest BCUT2D eigenvalue weighted by atomic mass is 35.5. The Morgan fingerprint density at radius 1 is 0.943 bits per heavy atom. The first-order valence-corrected chi connectivity index (χ1v) is 13.5. The second-order valence-corrected chi connectivity index (χ2v) is 10.1. The molecule has 0 aliphatic rings. The van der Waals surface area contributed by atoms with E-state index in [1.54, 1.807) is 16.7 Å². The predicted molar refractivity (Wildman–Crippen MR) is 147 cm³/mol. The zero-order valence-corrected chi connectivity index (χ0v) is 21.9. The molecule has 1 atom stereocenters. The van der Waals surface area contributed by atoms with Crippen molar-refractivity contribution in [3.63, 3.8) is 0 Å². The highest BCUT2D eigenvalue weighted by molar-refractivity contribution is 7.99. The van der Waals surface area contributed by atoms with Gasteiger partial charge in [0.05, 0.1) is 5.75 Å². The van der Waals surface area contributed by atoms with Gasteiger partial charge in [-0.2, -0.15) is 0 Å². The van der Waals surface area contributed by atoms with Crippen LogP contribution in [0.1, 0.15) is 35.6 Å². The van der Waals surface area contributed by atoms with Gasteiger partial charge < -0.3 is 10.2 Å². The summed E-state index contributed by atoms with van der Waals surface area (Å²) in [6, 6.07) is 25.0. The smallest absolute Gasteiger partial charge is 0.243 e. The Labute approximate surface area is 218 Å². The average Bonchev–Trinajstić information content (AvgIpc) is 2.85. The first kappa shape index (κ1) is 26.8. The van der Waals surface area contributed by atoms with Crippen molar-refractivity contribution in [1.29, 1.82) is 0 Å². The van der Waals surface area contributed by atoms with E-state index in [-0.39, 0.29) is 11.8 Å². The zero-order chi connectivity index (χ0) is 25.0. The van der Waals surface area contributed by atoms with Crippen molar-refractivity contribution in [3.8, 4) is 0 Å². The van der Waals surface area contributed by atoms with Crippen molar-refractivity contribution in [2.45, 2.75) is 45.0 Å². The largest absolute Gasteiger partial charge is 0.354 e. The van der Waals surface area contributed by atoms with Gasteiger partial charge in [-0.15, -0.1) is 11.8 Å². The summed E-state index contributed by atoms with van der Waals surface area (Å²) in [5.41, 5.74) is 4.30. The molecule has 0 heterocycles. The van der Waals surface area contributed by atoms with E-state index in [0.717, 1.165) is 23.3 Å². The molecule has 6 heteroatoms. The number of rotatable bonds is 12. The van der Waals surface area contributed by atoms with Crippen LogP contribution in [-0.2, 0) is 28.3 Å². The SMILES string of the molecule is CCCNC(=O)[C@@H](Cc1ccccc1)N(Cc1cccc(Cl)c1)C(=O)CSCc1cccc(C)c1. The Bertz CT molecular complexity index is 1110. The molecular formula is C29H33ClN2O2S. The average molecular weight is 509 g/mol. The van der Waals surface area contributed by atoms with Crippen molar-refractivity contribution in [1.82, 2.24) is 10.2 Å². The molecule has 0 spiro atoms. The highest BCUT2D eigenvalue weighted by Crippen LogP contribution is 2.20. The number of halogens is 1. The van der Waals surface area contributed by atoms with Gasteiger partial charge >= 0.3 is 0 Å². The predicted octanol–water partition coefficient (Wildman–Crippen LogP) is 6.05. The number of thioether (sulfide) groups is 1. The van der Waals surface area contributed by atoms with Gasteiger partial charge in [0.25, 0.3) is 0 Å². The van der Waals surface area contributed by atoms with E-state index in [1.165, 1.54) is 11.1 Å². The van der Waals surface area contributed by atoms with Gasteiger partial charge in [0, 0.05) is 30.3 Å². The van der Waals surface area contributed by atoms with Gasteiger partial charge in [0.1, 0.15) is 6.04 Å². The highest BCUT2D eigenvalue weighted by Gasteiger charge is 2.30. The topological polar surface area (TPSA) is 49.4 Å². The Morgan fingerprint density at radius 3 is 2.37 bits per heavy atom. The van der Waals surface area contributed by atoms with Crippen molar-refractivity contribution in [2.75, 3.05) is 12.3 Å². The number of nitrogens with zero attached hydrogens (tertiary/aromatic N) is 1. The Balaban J connectivity index is 1.83. The van der Waals surface area contributed by atoms with E-state index in [0.29, 0.717) is 30.3 Å². The molecule has 3 aromatic rings. The van der Waals surface area contributed by atoms with E-state index in [4.69, 9.17) is 11.6 Å². The fourth-order valence-electron chi connectivity index (χ4n) is 3.89. The molecular weight excluding hydrogens is 476 g/mol. The van der Waals surface area contributed by atoms with Crippen LogP contribution in [-0.4, -0.2) is 35.1 Å². The number of hydrogen-bond acceptors (Lipinski definition) is 3. The van der Waals surface area contributed by atoms with Crippen LogP contribution in [0.4, 0.5) is 0 Å². The molecule has 0 unspecified atom stereocenters. The van der Waals surface area contributed by atoms with Gasteiger partial charge in [-0.1, -0.05) is 90.8 Å². The standard InChI is InChI=1S/C29H33ClN2O2S/c1-3-15-31-29(34)27(18-23-10-5-4-6-11-23)32(19-24-12-8-14-26(30)17-24)28(33)21-35-20-25-13-7-9-22(2)16-25/h4-14,16-17,27H,3,15,18-21H2,1-2H3,(H,31,34)/t27-/m1/s1. The molecule has 1 N–H and O–H groups in total. The number of nitrogens with one attached hydrogen (secondary N) is 1. The normalized spacial score (nSPS) is 11.6. The van der Waals surface area contributed by atoms with Crippen LogP contribution in [0.25, 0.3) is 0 Å². The Hall–Kier alpha value is -2.76. The summed E-state index contributed by atoms with van der Waals surface area (Å²) in [5, 5.41) is 3.62. The van der Waals surface area contributed by atoms with E-state index in [1.807, 2.05) is 67.6 Å². The van der Waals surface area contributed by atoms with Gasteiger partial charge in [-0.05, 0) is 42.2 Å². The van der Waals surface area contributed by atoms with Crippen LogP contribution in [0.15, 0.2) is 78.9 Å². The summed E-state index contributed by atoms with van der Waals surface area (Å²) < 4.78 is 0. The quantitative estimate of drug-likeness (QED) is 0.324. The molecule has 3 rings (SSSR count). The molecule has 0 bridgehead atoms. The number of aryl methyl sites for hydroxylation is 1. The molecule has 0 aliphatic carbocycles. The molecule has 35 heavy (non-hydrogen) atoms. The lowest BCUT2D eigenvalue weighted by atomic mass is 10.0. The summed E-state index contributed by atoms with van der Waals surface area (Å²) >= 11 is 7.80. The number of carbonyl (C=O) groups is 2.